The molecule has 58 valence electrons. The third-order valence-corrected chi connectivity index (χ3v) is 0.691. The molecule has 1 heterocycles. The van der Waals surface area contributed by atoms with E-state index in [1.54, 1.807) is 0 Å². The number of aromatic nitrogens is 2. The van der Waals surface area contributed by atoms with Gasteiger partial charge in [-0.2, -0.15) is 0 Å². The van der Waals surface area contributed by atoms with Gasteiger partial charge in [0.1, 0.15) is 6.26 Å². The van der Waals surface area contributed by atoms with Crippen LogP contribution in [0.5, 0.6) is 0 Å². The first-order chi connectivity index (χ1) is 4.91. The molecule has 0 unspecified atom stereocenters. The molecule has 0 bridgehead atoms. The summed E-state index contributed by atoms with van der Waals surface area (Å²) in [4.78, 5) is 0. The van der Waals surface area contributed by atoms with Crippen LogP contribution in [0.2, 0.25) is 0 Å². The molecule has 0 aliphatic rings. The Bertz CT molecular complexity index is 100. The topological polar surface area (TPSA) is 48.2 Å². The standard InChI is InChI=1S/C4H10O.C2H2N2O/c1-3-5-4-2;1-2-5-4-3-1/h3-4H2,1-2H3;1-2H. The van der Waals surface area contributed by atoms with Crippen molar-refractivity contribution >= 4 is 0 Å². The summed E-state index contributed by atoms with van der Waals surface area (Å²) in [5.41, 5.74) is 0. The van der Waals surface area contributed by atoms with Gasteiger partial charge in [0, 0.05) is 18.5 Å². The minimum atomic E-state index is 0.844. The van der Waals surface area contributed by atoms with Crippen molar-refractivity contribution in [1.82, 2.24) is 10.4 Å². The molecule has 0 atom stereocenters. The third-order valence-electron chi connectivity index (χ3n) is 0.691. The van der Waals surface area contributed by atoms with Crippen molar-refractivity contribution < 1.29 is 9.26 Å². The zero-order valence-electron chi connectivity index (χ0n) is 6.28. The van der Waals surface area contributed by atoms with E-state index in [-0.39, 0.29) is 0 Å². The van der Waals surface area contributed by atoms with Crippen LogP contribution in [-0.4, -0.2) is 23.6 Å². The Balaban J connectivity index is 0.000000162. The molecule has 4 nitrogen and oxygen atoms in total. The highest BCUT2D eigenvalue weighted by Gasteiger charge is 1.64. The molecular formula is C6H12N2O2. The number of nitrogens with zero attached hydrogens (tertiary/aromatic N) is 2. The van der Waals surface area contributed by atoms with Gasteiger partial charge < -0.3 is 9.26 Å². The fourth-order valence-electron chi connectivity index (χ4n) is 0.340. The van der Waals surface area contributed by atoms with Crippen molar-refractivity contribution in [3.63, 3.8) is 0 Å². The van der Waals surface area contributed by atoms with Crippen molar-refractivity contribution in [2.24, 2.45) is 0 Å². The van der Waals surface area contributed by atoms with Crippen LogP contribution in [0.4, 0.5) is 0 Å². The Kier molecular flexibility index (Phi) is 7.37. The lowest BCUT2D eigenvalue weighted by atomic mass is 10.8. The van der Waals surface area contributed by atoms with E-state index >= 15 is 0 Å². The molecule has 0 radical (unpaired) electrons. The van der Waals surface area contributed by atoms with Crippen LogP contribution in [-0.2, 0) is 4.74 Å². The molecule has 0 amide bonds. The van der Waals surface area contributed by atoms with Crippen LogP contribution in [0.15, 0.2) is 17.0 Å². The number of rotatable bonds is 2. The quantitative estimate of drug-likeness (QED) is 0.623. The van der Waals surface area contributed by atoms with E-state index < -0.39 is 0 Å². The SMILES string of the molecule is CCOCC.c1conn1. The number of hydrogen-bond donors (Lipinski definition) is 0. The molecule has 0 N–H and O–H groups in total. The number of hydrogen-bond acceptors (Lipinski definition) is 4. The summed E-state index contributed by atoms with van der Waals surface area (Å²) < 4.78 is 9.06. The molecule has 0 aliphatic heterocycles. The van der Waals surface area contributed by atoms with Gasteiger partial charge in [-0.1, -0.05) is 0 Å². The van der Waals surface area contributed by atoms with Gasteiger partial charge in [0.05, 0.1) is 6.20 Å². The first kappa shape index (κ1) is 9.10. The molecular weight excluding hydrogens is 132 g/mol. The first-order valence-corrected chi connectivity index (χ1v) is 3.20. The third kappa shape index (κ3) is 7.10. The van der Waals surface area contributed by atoms with Crippen molar-refractivity contribution in [1.29, 1.82) is 0 Å². The van der Waals surface area contributed by atoms with E-state index in [4.69, 9.17) is 4.74 Å². The predicted molar refractivity (Wildman–Crippen MR) is 36.5 cm³/mol. The smallest absolute Gasteiger partial charge is 0.144 e. The minimum Gasteiger partial charge on any atom is -0.382 e. The Morgan fingerprint density at radius 3 is 2.20 bits per heavy atom. The molecule has 10 heavy (non-hydrogen) atoms. The monoisotopic (exact) mass is 144 g/mol. The molecule has 0 spiro atoms. The maximum atomic E-state index is 4.83. The summed E-state index contributed by atoms with van der Waals surface area (Å²) in [6.07, 6.45) is 2.88. The van der Waals surface area contributed by atoms with Crippen LogP contribution in [0.1, 0.15) is 13.8 Å². The zero-order valence-corrected chi connectivity index (χ0v) is 6.28. The lowest BCUT2D eigenvalue weighted by Crippen LogP contribution is -1.84. The van der Waals surface area contributed by atoms with Crippen molar-refractivity contribution in [2.75, 3.05) is 13.2 Å². The Morgan fingerprint density at radius 1 is 1.40 bits per heavy atom. The average Bonchev–Trinajstić information content (AvgIpc) is 2.44. The molecule has 1 aromatic rings. The highest BCUT2D eigenvalue weighted by molar-refractivity contribution is 4.48. The molecule has 1 aromatic heterocycles. The van der Waals surface area contributed by atoms with E-state index in [9.17, 15) is 0 Å². The van der Waals surface area contributed by atoms with Crippen LogP contribution >= 0.6 is 0 Å². The highest BCUT2D eigenvalue weighted by atomic mass is 16.5. The maximum Gasteiger partial charge on any atom is 0.144 e. The molecule has 0 aliphatic carbocycles. The summed E-state index contributed by atoms with van der Waals surface area (Å²) in [5, 5.41) is 6.40. The summed E-state index contributed by atoms with van der Waals surface area (Å²) in [6, 6.07) is 0. The lowest BCUT2D eigenvalue weighted by molar-refractivity contribution is 0.162. The Hall–Kier alpha value is -0.900. The van der Waals surface area contributed by atoms with Gasteiger partial charge in [0.15, 0.2) is 0 Å². The van der Waals surface area contributed by atoms with E-state index in [2.05, 4.69) is 14.9 Å². The number of ether oxygens (including phenoxy) is 1. The van der Waals surface area contributed by atoms with Gasteiger partial charge in [-0.15, -0.1) is 5.10 Å². The van der Waals surface area contributed by atoms with Crippen molar-refractivity contribution in [3.05, 3.63) is 12.5 Å². The minimum absolute atomic E-state index is 0.844. The molecule has 0 fully saturated rings. The molecule has 1 rings (SSSR count). The predicted octanol–water partition coefficient (Wildman–Crippen LogP) is 1.11. The summed E-state index contributed by atoms with van der Waals surface area (Å²) in [6.45, 7) is 5.67. The van der Waals surface area contributed by atoms with Gasteiger partial charge in [-0.25, -0.2) is 0 Å². The van der Waals surface area contributed by atoms with Gasteiger partial charge >= 0.3 is 0 Å². The maximum absolute atomic E-state index is 4.83. The van der Waals surface area contributed by atoms with E-state index in [1.807, 2.05) is 13.8 Å². The van der Waals surface area contributed by atoms with Crippen LogP contribution < -0.4 is 0 Å². The van der Waals surface area contributed by atoms with E-state index in [0.29, 0.717) is 0 Å². The van der Waals surface area contributed by atoms with Gasteiger partial charge in [0.2, 0.25) is 0 Å². The van der Waals surface area contributed by atoms with Gasteiger partial charge in [-0.3, -0.25) is 0 Å². The second-order valence-electron chi connectivity index (χ2n) is 1.37. The normalized spacial score (nSPS) is 8.20. The first-order valence-electron chi connectivity index (χ1n) is 3.20. The Morgan fingerprint density at radius 2 is 2.10 bits per heavy atom. The summed E-state index contributed by atoms with van der Waals surface area (Å²) in [7, 11) is 0. The summed E-state index contributed by atoms with van der Waals surface area (Å²) in [5.74, 6) is 0. The van der Waals surface area contributed by atoms with Crippen molar-refractivity contribution in [3.8, 4) is 0 Å². The van der Waals surface area contributed by atoms with Crippen LogP contribution in [0, 0.1) is 0 Å². The van der Waals surface area contributed by atoms with Crippen molar-refractivity contribution in [2.45, 2.75) is 13.8 Å². The lowest BCUT2D eigenvalue weighted by Gasteiger charge is -1.86. The molecule has 4 heteroatoms. The second-order valence-corrected chi connectivity index (χ2v) is 1.37. The van der Waals surface area contributed by atoms with Gasteiger partial charge in [0.25, 0.3) is 0 Å². The van der Waals surface area contributed by atoms with Crippen LogP contribution in [0.3, 0.4) is 0 Å². The second kappa shape index (κ2) is 8.10. The summed E-state index contributed by atoms with van der Waals surface area (Å²) >= 11 is 0. The Labute approximate surface area is 60.2 Å². The van der Waals surface area contributed by atoms with Crippen LogP contribution in [0.25, 0.3) is 0 Å². The van der Waals surface area contributed by atoms with E-state index in [1.165, 1.54) is 12.5 Å². The average molecular weight is 144 g/mol. The highest BCUT2D eigenvalue weighted by Crippen LogP contribution is 1.65. The molecule has 0 saturated heterocycles. The fourth-order valence-corrected chi connectivity index (χ4v) is 0.340. The van der Waals surface area contributed by atoms with E-state index in [0.717, 1.165) is 13.2 Å². The fraction of sp³-hybridized carbons (Fsp3) is 0.667. The zero-order chi connectivity index (χ0) is 7.66. The molecule has 0 aromatic carbocycles. The largest absolute Gasteiger partial charge is 0.382 e. The van der Waals surface area contributed by atoms with Gasteiger partial charge in [-0.05, 0) is 13.8 Å². The molecule has 0 saturated carbocycles.